The van der Waals surface area contributed by atoms with E-state index in [1.54, 1.807) is 18.7 Å². The molecule has 0 bridgehead atoms. The average molecular weight is 510 g/mol. The first-order valence-corrected chi connectivity index (χ1v) is 12.3. The number of anilines is 1. The standard InChI is InChI=1S/C28H33F2N5O2/c1-7-11-19(9-3)35-27-20(17-22(30)25(31-27)24(18(5)6)21(29)12-8-2)26(32-28(35)37)34-15-13-33(14-16-34)23(36)10-4/h8,10-12,17H,2,4,7,9,13-16H2,1,3,5-6H3/b19-11-,21-12+. The molecule has 37 heavy (non-hydrogen) atoms. The first kappa shape index (κ1) is 27.7. The van der Waals surface area contributed by atoms with Gasteiger partial charge in [0, 0.05) is 37.4 Å². The monoisotopic (exact) mass is 509 g/mol. The van der Waals surface area contributed by atoms with Crippen molar-refractivity contribution in [1.82, 2.24) is 19.4 Å². The number of allylic oxidation sites excluding steroid dienone is 7. The van der Waals surface area contributed by atoms with Crippen LogP contribution in [0, 0.1) is 5.82 Å². The minimum absolute atomic E-state index is 0.00531. The predicted octanol–water partition coefficient (Wildman–Crippen LogP) is 5.26. The van der Waals surface area contributed by atoms with E-state index in [2.05, 4.69) is 23.1 Å². The van der Waals surface area contributed by atoms with E-state index in [-0.39, 0.29) is 28.6 Å². The normalized spacial score (nSPS) is 14.6. The molecule has 0 spiro atoms. The lowest BCUT2D eigenvalue weighted by molar-refractivity contribution is -0.126. The molecule has 2 aromatic rings. The van der Waals surface area contributed by atoms with E-state index >= 15 is 4.39 Å². The van der Waals surface area contributed by atoms with Gasteiger partial charge in [-0.3, -0.25) is 4.79 Å². The smallest absolute Gasteiger partial charge is 0.352 e. The fraction of sp³-hybridized carbons (Fsp3) is 0.357. The SMILES string of the molecule is C=C/C=C(/F)C(=C(C)C)c1nc2c(cc1F)c(N1CCN(C(=O)C=C)CC1)nc(=O)n2/C(=C\CC)CC. The molecule has 7 nitrogen and oxygen atoms in total. The molecule has 1 amide bonds. The third-order valence-electron chi connectivity index (χ3n) is 6.20. The molecule has 1 saturated heterocycles. The number of hydrogen-bond donors (Lipinski definition) is 0. The van der Waals surface area contributed by atoms with Crippen molar-refractivity contribution in [1.29, 1.82) is 0 Å². The summed E-state index contributed by atoms with van der Waals surface area (Å²) in [6.45, 7) is 15.8. The Kier molecular flexibility index (Phi) is 8.91. The molecule has 9 heteroatoms. The van der Waals surface area contributed by atoms with Gasteiger partial charge in [0.1, 0.15) is 23.2 Å². The van der Waals surface area contributed by atoms with Crippen molar-refractivity contribution in [3.05, 3.63) is 76.9 Å². The van der Waals surface area contributed by atoms with Crippen molar-refractivity contribution in [3.8, 4) is 0 Å². The summed E-state index contributed by atoms with van der Waals surface area (Å²) in [7, 11) is 0. The summed E-state index contributed by atoms with van der Waals surface area (Å²) in [5, 5.41) is 0.334. The summed E-state index contributed by atoms with van der Waals surface area (Å²) in [5.74, 6) is -1.30. The van der Waals surface area contributed by atoms with Gasteiger partial charge in [0.2, 0.25) is 5.91 Å². The van der Waals surface area contributed by atoms with Gasteiger partial charge in [-0.05, 0) is 44.9 Å². The number of hydrogen-bond acceptors (Lipinski definition) is 5. The maximum Gasteiger partial charge on any atom is 0.355 e. The predicted molar refractivity (Wildman–Crippen MR) is 145 cm³/mol. The number of pyridine rings is 1. The van der Waals surface area contributed by atoms with Crippen LogP contribution in [-0.4, -0.2) is 51.5 Å². The van der Waals surface area contributed by atoms with Crippen LogP contribution in [0.4, 0.5) is 14.6 Å². The zero-order chi connectivity index (χ0) is 27.3. The van der Waals surface area contributed by atoms with E-state index in [9.17, 15) is 14.0 Å². The average Bonchev–Trinajstić information content (AvgIpc) is 2.87. The van der Waals surface area contributed by atoms with E-state index in [1.165, 1.54) is 22.8 Å². The maximum absolute atomic E-state index is 15.6. The molecule has 1 fully saturated rings. The first-order valence-electron chi connectivity index (χ1n) is 12.3. The molecule has 3 rings (SSSR count). The first-order chi connectivity index (χ1) is 17.7. The summed E-state index contributed by atoms with van der Waals surface area (Å²) in [4.78, 5) is 37.8. The zero-order valence-corrected chi connectivity index (χ0v) is 21.9. The van der Waals surface area contributed by atoms with Crippen LogP contribution in [0.3, 0.4) is 0 Å². The van der Waals surface area contributed by atoms with E-state index < -0.39 is 17.3 Å². The fourth-order valence-electron chi connectivity index (χ4n) is 4.45. The number of aromatic nitrogens is 3. The van der Waals surface area contributed by atoms with Gasteiger partial charge in [-0.1, -0.05) is 44.7 Å². The molecule has 1 aliphatic rings. The van der Waals surface area contributed by atoms with E-state index in [1.807, 2.05) is 24.8 Å². The van der Waals surface area contributed by atoms with Crippen LogP contribution in [-0.2, 0) is 4.79 Å². The lowest BCUT2D eigenvalue weighted by Crippen LogP contribution is -2.49. The highest BCUT2D eigenvalue weighted by Gasteiger charge is 2.26. The number of rotatable bonds is 8. The zero-order valence-electron chi connectivity index (χ0n) is 21.9. The van der Waals surface area contributed by atoms with Crippen LogP contribution < -0.4 is 10.6 Å². The molecule has 2 aromatic heterocycles. The Bertz CT molecular complexity index is 1380. The van der Waals surface area contributed by atoms with Gasteiger partial charge in [-0.25, -0.2) is 23.1 Å². The molecular formula is C28H33F2N5O2. The molecule has 0 aliphatic carbocycles. The van der Waals surface area contributed by atoms with Gasteiger partial charge in [-0.2, -0.15) is 4.98 Å². The van der Waals surface area contributed by atoms with Crippen molar-refractivity contribution in [3.63, 3.8) is 0 Å². The quantitative estimate of drug-likeness (QED) is 0.359. The highest BCUT2D eigenvalue weighted by Crippen LogP contribution is 2.33. The number of nitrogens with zero attached hydrogens (tertiary/aromatic N) is 5. The number of piperazine rings is 1. The van der Waals surface area contributed by atoms with Crippen LogP contribution in [0.25, 0.3) is 22.3 Å². The molecule has 0 N–H and O–H groups in total. The van der Waals surface area contributed by atoms with Gasteiger partial charge < -0.3 is 9.80 Å². The highest BCUT2D eigenvalue weighted by atomic mass is 19.1. The number of amides is 1. The Hall–Kier alpha value is -3.88. The summed E-state index contributed by atoms with van der Waals surface area (Å²) in [5.41, 5.74) is 0.644. The van der Waals surface area contributed by atoms with E-state index in [0.29, 0.717) is 55.7 Å². The minimum Gasteiger partial charge on any atom is -0.352 e. The molecule has 1 aliphatic heterocycles. The lowest BCUT2D eigenvalue weighted by atomic mass is 10.0. The number of fused-ring (bicyclic) bond motifs is 1. The van der Waals surface area contributed by atoms with E-state index in [4.69, 9.17) is 0 Å². The largest absolute Gasteiger partial charge is 0.355 e. The van der Waals surface area contributed by atoms with Crippen molar-refractivity contribution >= 4 is 34.0 Å². The minimum atomic E-state index is -0.734. The van der Waals surface area contributed by atoms with Crippen molar-refractivity contribution < 1.29 is 13.6 Å². The molecule has 0 aromatic carbocycles. The third-order valence-corrected chi connectivity index (χ3v) is 6.20. The second-order valence-corrected chi connectivity index (χ2v) is 8.84. The Morgan fingerprint density at radius 2 is 1.81 bits per heavy atom. The number of carbonyl (C=O) groups excluding carboxylic acids is 1. The van der Waals surface area contributed by atoms with E-state index in [0.717, 1.165) is 6.08 Å². The maximum atomic E-state index is 15.6. The van der Waals surface area contributed by atoms with Crippen LogP contribution in [0.5, 0.6) is 0 Å². The number of carbonyl (C=O) groups is 1. The summed E-state index contributed by atoms with van der Waals surface area (Å²) in [6, 6.07) is 1.26. The van der Waals surface area contributed by atoms with Gasteiger partial charge in [0.05, 0.1) is 5.39 Å². The lowest BCUT2D eigenvalue weighted by Gasteiger charge is -2.35. The van der Waals surface area contributed by atoms with Gasteiger partial charge in [0.25, 0.3) is 0 Å². The van der Waals surface area contributed by atoms with Crippen LogP contribution in [0.1, 0.15) is 46.2 Å². The van der Waals surface area contributed by atoms with Crippen LogP contribution >= 0.6 is 0 Å². The van der Waals surface area contributed by atoms with Gasteiger partial charge in [-0.15, -0.1) is 0 Å². The third kappa shape index (κ3) is 5.60. The Labute approximate surface area is 215 Å². The molecule has 0 unspecified atom stereocenters. The van der Waals surface area contributed by atoms with Crippen LogP contribution in [0.15, 0.2) is 59.7 Å². The molecule has 196 valence electrons. The fourth-order valence-corrected chi connectivity index (χ4v) is 4.45. The molecule has 0 atom stereocenters. The van der Waals surface area contributed by atoms with Crippen molar-refractivity contribution in [2.24, 2.45) is 0 Å². The molecule has 0 saturated carbocycles. The molecule has 3 heterocycles. The Morgan fingerprint density at radius 1 is 1.14 bits per heavy atom. The Balaban J connectivity index is 2.32. The summed E-state index contributed by atoms with van der Waals surface area (Å²) < 4.78 is 32.0. The molecular weight excluding hydrogens is 476 g/mol. The summed E-state index contributed by atoms with van der Waals surface area (Å²) >= 11 is 0. The summed E-state index contributed by atoms with van der Waals surface area (Å²) in [6.07, 6.45) is 6.77. The number of halogens is 2. The topological polar surface area (TPSA) is 71.3 Å². The van der Waals surface area contributed by atoms with Gasteiger partial charge in [0.15, 0.2) is 5.65 Å². The second-order valence-electron chi connectivity index (χ2n) is 8.84. The van der Waals surface area contributed by atoms with Crippen LogP contribution in [0.2, 0.25) is 0 Å². The van der Waals surface area contributed by atoms with Crippen molar-refractivity contribution in [2.75, 3.05) is 31.1 Å². The molecule has 0 radical (unpaired) electrons. The van der Waals surface area contributed by atoms with Crippen molar-refractivity contribution in [2.45, 2.75) is 40.5 Å². The second kappa shape index (κ2) is 11.9. The van der Waals surface area contributed by atoms with Gasteiger partial charge >= 0.3 is 5.69 Å². The highest BCUT2D eigenvalue weighted by molar-refractivity contribution is 5.92. The Morgan fingerprint density at radius 3 is 2.35 bits per heavy atom.